The molecule has 0 aliphatic heterocycles. The number of phenols is 1. The van der Waals surface area contributed by atoms with Gasteiger partial charge >= 0.3 is 0 Å². The van der Waals surface area contributed by atoms with Crippen molar-refractivity contribution in [1.82, 2.24) is 15.2 Å². The van der Waals surface area contributed by atoms with E-state index in [2.05, 4.69) is 38.0 Å². The van der Waals surface area contributed by atoms with Gasteiger partial charge in [0, 0.05) is 39.3 Å². The first-order valence-electron chi connectivity index (χ1n) is 6.67. The van der Waals surface area contributed by atoms with E-state index in [9.17, 15) is 5.11 Å². The van der Waals surface area contributed by atoms with Crippen LogP contribution in [0.25, 0.3) is 22.4 Å². The van der Waals surface area contributed by atoms with Crippen molar-refractivity contribution in [2.45, 2.75) is 13.3 Å². The van der Waals surface area contributed by atoms with E-state index in [1.54, 1.807) is 18.5 Å². The van der Waals surface area contributed by atoms with Gasteiger partial charge in [0.2, 0.25) is 0 Å². The van der Waals surface area contributed by atoms with Crippen molar-refractivity contribution >= 4 is 15.9 Å². The topological polar surface area (TPSA) is 61.8 Å². The van der Waals surface area contributed by atoms with Gasteiger partial charge in [-0.1, -0.05) is 22.9 Å². The van der Waals surface area contributed by atoms with Crippen LogP contribution in [-0.4, -0.2) is 20.3 Å². The van der Waals surface area contributed by atoms with Gasteiger partial charge in [-0.25, -0.2) is 0 Å². The summed E-state index contributed by atoms with van der Waals surface area (Å²) in [5.74, 6) is 0.240. The van der Waals surface area contributed by atoms with Crippen molar-refractivity contribution in [2.75, 3.05) is 0 Å². The second kappa shape index (κ2) is 5.69. The van der Waals surface area contributed by atoms with Crippen molar-refractivity contribution in [1.29, 1.82) is 0 Å². The average molecular weight is 344 g/mol. The number of benzene rings is 1. The maximum atomic E-state index is 10.2. The Balaban J connectivity index is 2.26. The molecule has 0 atom stereocenters. The third-order valence-electron chi connectivity index (χ3n) is 3.38. The van der Waals surface area contributed by atoms with Crippen LogP contribution in [0.2, 0.25) is 0 Å². The van der Waals surface area contributed by atoms with Gasteiger partial charge in [0.25, 0.3) is 0 Å². The Hall–Kier alpha value is -2.14. The Bertz CT molecular complexity index is 768. The van der Waals surface area contributed by atoms with E-state index in [4.69, 9.17) is 0 Å². The zero-order chi connectivity index (χ0) is 14.8. The molecule has 2 aromatic heterocycles. The van der Waals surface area contributed by atoms with E-state index >= 15 is 0 Å². The number of aromatic hydroxyl groups is 1. The minimum Gasteiger partial charge on any atom is -0.507 e. The Morgan fingerprint density at radius 2 is 1.95 bits per heavy atom. The van der Waals surface area contributed by atoms with Crippen LogP contribution in [0.15, 0.2) is 47.2 Å². The summed E-state index contributed by atoms with van der Waals surface area (Å²) >= 11 is 3.46. The van der Waals surface area contributed by atoms with Crippen LogP contribution in [0, 0.1) is 0 Å². The van der Waals surface area contributed by atoms with Crippen molar-refractivity contribution in [3.05, 3.63) is 52.9 Å². The molecule has 3 rings (SSSR count). The predicted molar refractivity (Wildman–Crippen MR) is 86.0 cm³/mol. The van der Waals surface area contributed by atoms with Gasteiger partial charge in [0.15, 0.2) is 0 Å². The molecule has 0 bridgehead atoms. The van der Waals surface area contributed by atoms with Crippen LogP contribution < -0.4 is 0 Å². The molecular formula is C16H14BrN3O. The highest BCUT2D eigenvalue weighted by molar-refractivity contribution is 9.10. The molecule has 0 aliphatic carbocycles. The third-order valence-corrected chi connectivity index (χ3v) is 3.87. The number of aryl methyl sites for hydroxylation is 1. The summed E-state index contributed by atoms with van der Waals surface area (Å²) in [5.41, 5.74) is 4.48. The number of phenolic OH excluding ortho intramolecular Hbond substituents is 1. The number of pyridine rings is 1. The van der Waals surface area contributed by atoms with Gasteiger partial charge in [-0.2, -0.15) is 5.10 Å². The molecule has 3 aromatic rings. The summed E-state index contributed by atoms with van der Waals surface area (Å²) in [7, 11) is 0. The highest BCUT2D eigenvalue weighted by atomic mass is 79.9. The molecule has 0 radical (unpaired) electrons. The van der Waals surface area contributed by atoms with Gasteiger partial charge in [0.1, 0.15) is 11.4 Å². The molecule has 2 heterocycles. The number of nitrogens with zero attached hydrogens (tertiary/aromatic N) is 2. The fraction of sp³-hybridized carbons (Fsp3) is 0.125. The average Bonchev–Trinajstić information content (AvgIpc) is 2.94. The number of aromatic nitrogens is 3. The fourth-order valence-electron chi connectivity index (χ4n) is 2.35. The molecule has 0 aliphatic rings. The van der Waals surface area contributed by atoms with E-state index in [0.717, 1.165) is 39.0 Å². The minimum absolute atomic E-state index is 0.240. The van der Waals surface area contributed by atoms with E-state index in [1.807, 2.05) is 24.3 Å². The standard InChI is InChI=1S/C16H14BrN3O/c1-2-13-15(12-9-11(17)3-4-14(12)21)16(20-19-13)10-5-7-18-8-6-10/h3-9,21H,2H2,1H3,(H,19,20). The smallest absolute Gasteiger partial charge is 0.123 e. The Morgan fingerprint density at radius 1 is 1.19 bits per heavy atom. The summed E-state index contributed by atoms with van der Waals surface area (Å²) in [6.45, 7) is 2.06. The molecule has 1 aromatic carbocycles. The van der Waals surface area contributed by atoms with E-state index in [-0.39, 0.29) is 5.75 Å². The molecule has 0 amide bonds. The number of aromatic amines is 1. The summed E-state index contributed by atoms with van der Waals surface area (Å²) in [6, 6.07) is 9.23. The summed E-state index contributed by atoms with van der Waals surface area (Å²) in [4.78, 5) is 4.04. The maximum Gasteiger partial charge on any atom is 0.123 e. The molecule has 106 valence electrons. The highest BCUT2D eigenvalue weighted by Gasteiger charge is 2.18. The summed E-state index contributed by atoms with van der Waals surface area (Å²) < 4.78 is 0.916. The van der Waals surface area contributed by atoms with Crippen LogP contribution in [0.3, 0.4) is 0 Å². The van der Waals surface area contributed by atoms with Gasteiger partial charge in [0.05, 0.1) is 0 Å². The molecule has 5 heteroatoms. The van der Waals surface area contributed by atoms with Crippen molar-refractivity contribution in [3.63, 3.8) is 0 Å². The summed E-state index contributed by atoms with van der Waals surface area (Å²) in [5, 5.41) is 17.7. The van der Waals surface area contributed by atoms with Crippen LogP contribution >= 0.6 is 15.9 Å². The van der Waals surface area contributed by atoms with Gasteiger partial charge in [-0.05, 0) is 36.8 Å². The van der Waals surface area contributed by atoms with E-state index < -0.39 is 0 Å². The van der Waals surface area contributed by atoms with Gasteiger partial charge in [-0.3, -0.25) is 10.1 Å². The second-order valence-corrected chi connectivity index (χ2v) is 5.59. The maximum absolute atomic E-state index is 10.2. The van der Waals surface area contributed by atoms with E-state index in [1.165, 1.54) is 0 Å². The first-order chi connectivity index (χ1) is 10.2. The van der Waals surface area contributed by atoms with Gasteiger partial charge in [-0.15, -0.1) is 0 Å². The number of hydrogen-bond donors (Lipinski definition) is 2. The monoisotopic (exact) mass is 343 g/mol. The van der Waals surface area contributed by atoms with Crippen LogP contribution in [0.5, 0.6) is 5.75 Å². The van der Waals surface area contributed by atoms with Crippen molar-refractivity contribution in [2.24, 2.45) is 0 Å². The fourth-order valence-corrected chi connectivity index (χ4v) is 2.71. The molecule has 0 unspecified atom stereocenters. The number of halogens is 1. The number of nitrogens with one attached hydrogen (secondary N) is 1. The molecule has 0 spiro atoms. The number of rotatable bonds is 3. The lowest BCUT2D eigenvalue weighted by molar-refractivity contribution is 0.477. The lowest BCUT2D eigenvalue weighted by Gasteiger charge is -2.08. The zero-order valence-electron chi connectivity index (χ0n) is 11.5. The molecule has 4 nitrogen and oxygen atoms in total. The highest BCUT2D eigenvalue weighted by Crippen LogP contribution is 2.39. The third kappa shape index (κ3) is 2.56. The van der Waals surface area contributed by atoms with Gasteiger partial charge < -0.3 is 5.11 Å². The first kappa shape index (κ1) is 13.8. The quantitative estimate of drug-likeness (QED) is 0.750. The minimum atomic E-state index is 0.240. The lowest BCUT2D eigenvalue weighted by atomic mass is 9.98. The normalized spacial score (nSPS) is 10.8. The molecule has 2 N–H and O–H groups in total. The Labute approximate surface area is 131 Å². The zero-order valence-corrected chi connectivity index (χ0v) is 13.1. The van der Waals surface area contributed by atoms with E-state index in [0.29, 0.717) is 0 Å². The number of hydrogen-bond acceptors (Lipinski definition) is 3. The lowest BCUT2D eigenvalue weighted by Crippen LogP contribution is -1.88. The molecule has 0 fully saturated rings. The van der Waals surface area contributed by atoms with Crippen LogP contribution in [0.1, 0.15) is 12.6 Å². The second-order valence-electron chi connectivity index (χ2n) is 4.68. The Kier molecular flexibility index (Phi) is 3.75. The van der Waals surface area contributed by atoms with Crippen molar-refractivity contribution < 1.29 is 5.11 Å². The molecule has 0 saturated heterocycles. The summed E-state index contributed by atoms with van der Waals surface area (Å²) in [6.07, 6.45) is 4.28. The van der Waals surface area contributed by atoms with Crippen LogP contribution in [-0.2, 0) is 6.42 Å². The first-order valence-corrected chi connectivity index (χ1v) is 7.46. The van der Waals surface area contributed by atoms with Crippen LogP contribution in [0.4, 0.5) is 0 Å². The Morgan fingerprint density at radius 3 is 2.67 bits per heavy atom. The largest absolute Gasteiger partial charge is 0.507 e. The molecule has 0 saturated carbocycles. The van der Waals surface area contributed by atoms with Crippen molar-refractivity contribution in [3.8, 4) is 28.1 Å². The predicted octanol–water partition coefficient (Wildman–Crippen LogP) is 4.17. The molecular weight excluding hydrogens is 330 g/mol. The molecule has 21 heavy (non-hydrogen) atoms. The number of H-pyrrole nitrogens is 1. The SMILES string of the molecule is CCc1[nH]nc(-c2ccncc2)c1-c1cc(Br)ccc1O.